The highest BCUT2D eigenvalue weighted by Gasteiger charge is 2.26. The Morgan fingerprint density at radius 1 is 1.29 bits per heavy atom. The first-order valence-corrected chi connectivity index (χ1v) is 8.23. The number of benzene rings is 1. The Hall–Kier alpha value is -2.28. The minimum Gasteiger partial charge on any atom is -0.448 e. The van der Waals surface area contributed by atoms with Gasteiger partial charge in [-0.2, -0.15) is 0 Å². The number of morpholine rings is 1. The normalized spacial score (nSPS) is 24.0. The lowest BCUT2D eigenvalue weighted by Crippen LogP contribution is -2.49. The van der Waals surface area contributed by atoms with E-state index in [1.807, 2.05) is 38.1 Å². The second-order valence-electron chi connectivity index (χ2n) is 6.33. The quantitative estimate of drug-likeness (QED) is 0.921. The van der Waals surface area contributed by atoms with E-state index in [-0.39, 0.29) is 24.3 Å². The van der Waals surface area contributed by atoms with E-state index in [0.29, 0.717) is 32.8 Å². The van der Waals surface area contributed by atoms with Crippen molar-refractivity contribution >= 4 is 17.8 Å². The van der Waals surface area contributed by atoms with Crippen LogP contribution in [0.5, 0.6) is 0 Å². The Kier molecular flexibility index (Phi) is 4.89. The molecule has 2 aliphatic heterocycles. The number of urea groups is 1. The van der Waals surface area contributed by atoms with Crippen LogP contribution >= 0.6 is 0 Å². The third-order valence-corrected chi connectivity index (χ3v) is 4.10. The van der Waals surface area contributed by atoms with Gasteiger partial charge in [-0.25, -0.2) is 9.59 Å². The molecule has 0 saturated carbocycles. The van der Waals surface area contributed by atoms with Crippen LogP contribution < -0.4 is 5.32 Å². The summed E-state index contributed by atoms with van der Waals surface area (Å²) in [4.78, 5) is 27.4. The number of rotatable bonds is 3. The van der Waals surface area contributed by atoms with Crippen molar-refractivity contribution in [1.29, 1.82) is 0 Å². The first-order chi connectivity index (χ1) is 11.5. The summed E-state index contributed by atoms with van der Waals surface area (Å²) in [6.07, 6.45) is -0.222. The Bertz CT molecular complexity index is 612. The van der Waals surface area contributed by atoms with E-state index in [9.17, 15) is 9.59 Å². The number of carbonyl (C=O) groups excluding carboxylic acids is 2. The summed E-state index contributed by atoms with van der Waals surface area (Å²) in [5, 5.41) is 2.93. The molecule has 3 amide bonds. The molecule has 24 heavy (non-hydrogen) atoms. The van der Waals surface area contributed by atoms with Crippen LogP contribution in [0.25, 0.3) is 0 Å². The minimum atomic E-state index is -0.291. The Morgan fingerprint density at radius 3 is 2.71 bits per heavy atom. The van der Waals surface area contributed by atoms with E-state index >= 15 is 0 Å². The van der Waals surface area contributed by atoms with Crippen molar-refractivity contribution in [1.82, 2.24) is 9.80 Å². The van der Waals surface area contributed by atoms with Gasteiger partial charge in [-0.15, -0.1) is 0 Å². The molecular weight excluding hydrogens is 310 g/mol. The van der Waals surface area contributed by atoms with Crippen LogP contribution in [-0.2, 0) is 16.0 Å². The van der Waals surface area contributed by atoms with E-state index in [1.165, 1.54) is 0 Å². The SMILES string of the molecule is C[C@@H]1CN(C(=O)Nc2cccc(CN3CCOC3=O)c2)C[C@@H](C)O1. The van der Waals surface area contributed by atoms with Crippen LogP contribution in [0.4, 0.5) is 15.3 Å². The van der Waals surface area contributed by atoms with Gasteiger partial charge < -0.3 is 24.6 Å². The van der Waals surface area contributed by atoms with Crippen LogP contribution in [0.3, 0.4) is 0 Å². The van der Waals surface area contributed by atoms with Crippen molar-refractivity contribution in [2.24, 2.45) is 0 Å². The topological polar surface area (TPSA) is 71.1 Å². The molecule has 0 spiro atoms. The van der Waals surface area contributed by atoms with Gasteiger partial charge in [0.25, 0.3) is 0 Å². The smallest absolute Gasteiger partial charge is 0.410 e. The number of cyclic esters (lactones) is 1. The van der Waals surface area contributed by atoms with Crippen LogP contribution in [0.15, 0.2) is 24.3 Å². The highest BCUT2D eigenvalue weighted by Crippen LogP contribution is 2.17. The first-order valence-electron chi connectivity index (χ1n) is 8.23. The maximum atomic E-state index is 12.4. The standard InChI is InChI=1S/C17H23N3O4/c1-12-9-20(10-13(2)24-12)16(21)18-15-5-3-4-14(8-15)11-19-6-7-23-17(19)22/h3-5,8,12-13H,6-7,9-11H2,1-2H3,(H,18,21)/t12-,13-/m1/s1. The second kappa shape index (κ2) is 7.09. The van der Waals surface area contributed by atoms with Crippen molar-refractivity contribution in [2.75, 3.05) is 31.6 Å². The average molecular weight is 333 g/mol. The number of hydrogen-bond donors (Lipinski definition) is 1. The van der Waals surface area contributed by atoms with Gasteiger partial charge in [-0.1, -0.05) is 12.1 Å². The zero-order valence-corrected chi connectivity index (χ0v) is 14.0. The van der Waals surface area contributed by atoms with Crippen LogP contribution in [-0.4, -0.2) is 60.4 Å². The molecule has 0 aromatic heterocycles. The Labute approximate surface area is 141 Å². The molecule has 2 atom stereocenters. The van der Waals surface area contributed by atoms with Crippen molar-refractivity contribution in [3.8, 4) is 0 Å². The molecule has 2 aliphatic rings. The van der Waals surface area contributed by atoms with Gasteiger partial charge in [0.05, 0.1) is 18.8 Å². The van der Waals surface area contributed by atoms with Crippen LogP contribution in [0.2, 0.25) is 0 Å². The predicted octanol–water partition coefficient (Wildman–Crippen LogP) is 2.28. The number of amides is 3. The van der Waals surface area contributed by atoms with Crippen molar-refractivity contribution < 1.29 is 19.1 Å². The fourth-order valence-corrected chi connectivity index (χ4v) is 3.08. The van der Waals surface area contributed by atoms with Gasteiger partial charge in [0.2, 0.25) is 0 Å². The lowest BCUT2D eigenvalue weighted by atomic mass is 10.2. The summed E-state index contributed by atoms with van der Waals surface area (Å²) in [5.74, 6) is 0. The van der Waals surface area contributed by atoms with E-state index in [2.05, 4.69) is 5.32 Å². The maximum absolute atomic E-state index is 12.4. The molecule has 1 aromatic carbocycles. The lowest BCUT2D eigenvalue weighted by Gasteiger charge is -2.35. The molecule has 2 fully saturated rings. The minimum absolute atomic E-state index is 0.0343. The van der Waals surface area contributed by atoms with Crippen molar-refractivity contribution in [3.63, 3.8) is 0 Å². The van der Waals surface area contributed by atoms with E-state index in [0.717, 1.165) is 11.3 Å². The van der Waals surface area contributed by atoms with E-state index < -0.39 is 0 Å². The van der Waals surface area contributed by atoms with Gasteiger partial charge in [0.1, 0.15) is 6.61 Å². The fraction of sp³-hybridized carbons (Fsp3) is 0.529. The summed E-state index contributed by atoms with van der Waals surface area (Å²) in [5.41, 5.74) is 1.67. The van der Waals surface area contributed by atoms with Gasteiger partial charge >= 0.3 is 12.1 Å². The summed E-state index contributed by atoms with van der Waals surface area (Å²) >= 11 is 0. The third-order valence-electron chi connectivity index (χ3n) is 4.10. The number of carbonyl (C=O) groups is 2. The van der Waals surface area contributed by atoms with Crippen LogP contribution in [0, 0.1) is 0 Å². The van der Waals surface area contributed by atoms with Gasteiger partial charge in [0, 0.05) is 25.3 Å². The summed E-state index contributed by atoms with van der Waals surface area (Å²) in [6.45, 7) is 6.60. The average Bonchev–Trinajstić information content (AvgIpc) is 2.92. The monoisotopic (exact) mass is 333 g/mol. The largest absolute Gasteiger partial charge is 0.448 e. The molecule has 3 rings (SSSR count). The van der Waals surface area contributed by atoms with E-state index in [4.69, 9.17) is 9.47 Å². The molecule has 130 valence electrons. The van der Waals surface area contributed by atoms with Gasteiger partial charge in [0.15, 0.2) is 0 Å². The first kappa shape index (κ1) is 16.6. The molecule has 0 unspecified atom stereocenters. The molecule has 7 heteroatoms. The Morgan fingerprint density at radius 2 is 2.04 bits per heavy atom. The lowest BCUT2D eigenvalue weighted by molar-refractivity contribution is -0.0530. The number of nitrogens with one attached hydrogen (secondary N) is 1. The zero-order chi connectivity index (χ0) is 17.1. The molecule has 1 aromatic rings. The fourth-order valence-electron chi connectivity index (χ4n) is 3.08. The van der Waals surface area contributed by atoms with E-state index in [1.54, 1.807) is 9.80 Å². The maximum Gasteiger partial charge on any atom is 0.410 e. The van der Waals surface area contributed by atoms with Crippen molar-refractivity contribution in [3.05, 3.63) is 29.8 Å². The molecule has 2 heterocycles. The Balaban J connectivity index is 1.61. The second-order valence-corrected chi connectivity index (χ2v) is 6.33. The molecular formula is C17H23N3O4. The molecule has 7 nitrogen and oxygen atoms in total. The predicted molar refractivity (Wildman–Crippen MR) is 88.8 cm³/mol. The van der Waals surface area contributed by atoms with Gasteiger partial charge in [-0.3, -0.25) is 0 Å². The number of nitrogens with zero attached hydrogens (tertiary/aromatic N) is 2. The summed E-state index contributed by atoms with van der Waals surface area (Å²) in [7, 11) is 0. The molecule has 0 aliphatic carbocycles. The molecule has 1 N–H and O–H groups in total. The van der Waals surface area contributed by atoms with Crippen LogP contribution in [0.1, 0.15) is 19.4 Å². The number of anilines is 1. The summed E-state index contributed by atoms with van der Waals surface area (Å²) < 4.78 is 10.6. The summed E-state index contributed by atoms with van der Waals surface area (Å²) in [6, 6.07) is 7.40. The highest BCUT2D eigenvalue weighted by atomic mass is 16.6. The molecule has 2 saturated heterocycles. The molecule has 0 bridgehead atoms. The highest BCUT2D eigenvalue weighted by molar-refractivity contribution is 5.89. The number of hydrogen-bond acceptors (Lipinski definition) is 4. The number of ether oxygens (including phenoxy) is 2. The third kappa shape index (κ3) is 3.97. The van der Waals surface area contributed by atoms with Gasteiger partial charge in [-0.05, 0) is 31.5 Å². The van der Waals surface area contributed by atoms with Crippen molar-refractivity contribution in [2.45, 2.75) is 32.6 Å². The zero-order valence-electron chi connectivity index (χ0n) is 14.0. The molecule has 0 radical (unpaired) electrons.